The molecule has 0 saturated heterocycles. The minimum absolute atomic E-state index is 0.332. The number of hydrogen-bond donors (Lipinski definition) is 1. The minimum atomic E-state index is -0.332. The van der Waals surface area contributed by atoms with Crippen molar-refractivity contribution in [3.05, 3.63) is 118 Å². The highest BCUT2D eigenvalue weighted by atomic mass is 32.1. The molecule has 4 nitrogen and oxygen atoms in total. The lowest BCUT2D eigenvalue weighted by Gasteiger charge is -2.10. The van der Waals surface area contributed by atoms with Crippen molar-refractivity contribution in [1.82, 2.24) is 5.43 Å². The summed E-state index contributed by atoms with van der Waals surface area (Å²) in [7, 11) is 0. The number of thiophene rings is 1. The topological polar surface area (TPSA) is 50.7 Å². The highest BCUT2D eigenvalue weighted by molar-refractivity contribution is 7.12. The van der Waals surface area contributed by atoms with Crippen LogP contribution in [0.3, 0.4) is 0 Å². The van der Waals surface area contributed by atoms with E-state index in [0.717, 1.165) is 16.2 Å². The Labute approximate surface area is 173 Å². The Bertz CT molecular complexity index is 1110. The zero-order valence-corrected chi connectivity index (χ0v) is 16.3. The van der Waals surface area contributed by atoms with Crippen LogP contribution in [0.5, 0.6) is 11.5 Å². The predicted octanol–water partition coefficient (Wildman–Crippen LogP) is 5.72. The summed E-state index contributed by atoms with van der Waals surface area (Å²) >= 11 is 1.57. The molecule has 0 saturated carbocycles. The molecule has 3 aromatic carbocycles. The number of para-hydroxylation sites is 2. The molecule has 4 aromatic rings. The SMILES string of the molecule is O=C(NN=C(c1ccccc1)c1cccs1)c1ccccc1Oc1ccccc1. The molecule has 1 amide bonds. The molecule has 0 aliphatic rings. The van der Waals surface area contributed by atoms with Crippen LogP contribution in [-0.4, -0.2) is 11.6 Å². The van der Waals surface area contributed by atoms with E-state index in [1.807, 2.05) is 84.2 Å². The fourth-order valence-electron chi connectivity index (χ4n) is 2.80. The molecule has 0 unspecified atom stereocenters. The maximum absolute atomic E-state index is 12.9. The molecule has 1 aromatic heterocycles. The van der Waals surface area contributed by atoms with E-state index < -0.39 is 0 Å². The van der Waals surface area contributed by atoms with Crippen LogP contribution >= 0.6 is 11.3 Å². The number of rotatable bonds is 6. The summed E-state index contributed by atoms with van der Waals surface area (Å²) in [5.41, 5.74) is 4.76. The third-order valence-corrected chi connectivity index (χ3v) is 5.05. The lowest BCUT2D eigenvalue weighted by molar-refractivity contribution is 0.0952. The first-order valence-corrected chi connectivity index (χ1v) is 9.98. The molecule has 0 radical (unpaired) electrons. The molecule has 0 bridgehead atoms. The van der Waals surface area contributed by atoms with Gasteiger partial charge in [0.25, 0.3) is 5.91 Å². The van der Waals surface area contributed by atoms with Crippen LogP contribution in [0, 0.1) is 0 Å². The van der Waals surface area contributed by atoms with E-state index in [-0.39, 0.29) is 5.91 Å². The summed E-state index contributed by atoms with van der Waals surface area (Å²) < 4.78 is 5.89. The van der Waals surface area contributed by atoms with Gasteiger partial charge in [-0.3, -0.25) is 4.79 Å². The Hall–Kier alpha value is -3.70. The zero-order valence-electron chi connectivity index (χ0n) is 15.5. The first-order valence-electron chi connectivity index (χ1n) is 9.10. The van der Waals surface area contributed by atoms with E-state index in [2.05, 4.69) is 10.5 Å². The number of hydrazone groups is 1. The Morgan fingerprint density at radius 3 is 2.21 bits per heavy atom. The summed E-state index contributed by atoms with van der Waals surface area (Å²) in [6.07, 6.45) is 0. The number of benzene rings is 3. The lowest BCUT2D eigenvalue weighted by Crippen LogP contribution is -2.20. The summed E-state index contributed by atoms with van der Waals surface area (Å²) in [4.78, 5) is 13.8. The predicted molar refractivity (Wildman–Crippen MR) is 117 cm³/mol. The smallest absolute Gasteiger partial charge is 0.275 e. The molecule has 1 N–H and O–H groups in total. The van der Waals surface area contributed by atoms with Crippen LogP contribution < -0.4 is 10.2 Å². The van der Waals surface area contributed by atoms with Crippen molar-refractivity contribution in [3.8, 4) is 11.5 Å². The van der Waals surface area contributed by atoms with E-state index in [1.165, 1.54) is 0 Å². The van der Waals surface area contributed by atoms with Crippen molar-refractivity contribution >= 4 is 23.0 Å². The van der Waals surface area contributed by atoms with Crippen molar-refractivity contribution in [2.45, 2.75) is 0 Å². The quantitative estimate of drug-likeness (QED) is 0.333. The Balaban J connectivity index is 1.60. The van der Waals surface area contributed by atoms with Crippen molar-refractivity contribution in [1.29, 1.82) is 0 Å². The van der Waals surface area contributed by atoms with E-state index in [0.29, 0.717) is 17.1 Å². The number of hydrogen-bond acceptors (Lipinski definition) is 4. The number of carbonyl (C=O) groups is 1. The third-order valence-electron chi connectivity index (χ3n) is 4.17. The number of carbonyl (C=O) groups excluding carboxylic acids is 1. The summed E-state index contributed by atoms with van der Waals surface area (Å²) in [6.45, 7) is 0. The molecule has 0 fully saturated rings. The lowest BCUT2D eigenvalue weighted by atomic mass is 10.1. The molecule has 0 atom stereocenters. The highest BCUT2D eigenvalue weighted by Crippen LogP contribution is 2.25. The van der Waals surface area contributed by atoms with E-state index >= 15 is 0 Å². The van der Waals surface area contributed by atoms with Gasteiger partial charge in [0.15, 0.2) is 0 Å². The van der Waals surface area contributed by atoms with Gasteiger partial charge in [0.1, 0.15) is 17.2 Å². The number of nitrogens with one attached hydrogen (secondary N) is 1. The van der Waals surface area contributed by atoms with Crippen LogP contribution in [0.1, 0.15) is 20.8 Å². The van der Waals surface area contributed by atoms with Crippen molar-refractivity contribution in [3.63, 3.8) is 0 Å². The molecule has 1 heterocycles. The molecule has 5 heteroatoms. The maximum Gasteiger partial charge on any atom is 0.275 e. The standard InChI is InChI=1S/C24H18N2O2S/c27-24(20-14-7-8-15-21(20)28-19-12-5-2-6-13-19)26-25-23(22-16-9-17-29-22)18-10-3-1-4-11-18/h1-17H,(H,26,27). The molecule has 4 rings (SSSR count). The molecule has 142 valence electrons. The van der Waals surface area contributed by atoms with Gasteiger partial charge >= 0.3 is 0 Å². The monoisotopic (exact) mass is 398 g/mol. The number of ether oxygens (including phenoxy) is 1. The van der Waals surface area contributed by atoms with Gasteiger partial charge in [-0.1, -0.05) is 66.7 Å². The minimum Gasteiger partial charge on any atom is -0.457 e. The average molecular weight is 398 g/mol. The second-order valence-corrected chi connectivity index (χ2v) is 7.10. The zero-order chi connectivity index (χ0) is 19.9. The van der Waals surface area contributed by atoms with E-state index in [4.69, 9.17) is 4.74 Å². The third kappa shape index (κ3) is 4.59. The van der Waals surface area contributed by atoms with Gasteiger partial charge in [-0.05, 0) is 35.7 Å². The average Bonchev–Trinajstić information content (AvgIpc) is 3.30. The fraction of sp³-hybridized carbons (Fsp3) is 0. The summed E-state index contributed by atoms with van der Waals surface area (Å²) in [5, 5.41) is 6.42. The second kappa shape index (κ2) is 8.99. The van der Waals surface area contributed by atoms with Crippen LogP contribution in [0.2, 0.25) is 0 Å². The van der Waals surface area contributed by atoms with Gasteiger partial charge in [0, 0.05) is 5.56 Å². The van der Waals surface area contributed by atoms with Gasteiger partial charge in [0.05, 0.1) is 10.4 Å². The molecule has 0 aliphatic carbocycles. The largest absolute Gasteiger partial charge is 0.457 e. The summed E-state index contributed by atoms with van der Waals surface area (Å²) in [6, 6.07) is 30.2. The van der Waals surface area contributed by atoms with Crippen LogP contribution in [0.15, 0.2) is 108 Å². The van der Waals surface area contributed by atoms with E-state index in [9.17, 15) is 4.79 Å². The molecule has 29 heavy (non-hydrogen) atoms. The normalized spacial score (nSPS) is 11.1. The Kier molecular flexibility index (Phi) is 5.78. The molecule has 0 aliphatic heterocycles. The van der Waals surface area contributed by atoms with Crippen molar-refractivity contribution in [2.75, 3.05) is 0 Å². The number of nitrogens with zero attached hydrogens (tertiary/aromatic N) is 1. The first kappa shape index (κ1) is 18.7. The van der Waals surface area contributed by atoms with Crippen molar-refractivity contribution < 1.29 is 9.53 Å². The van der Waals surface area contributed by atoms with Gasteiger partial charge in [-0.25, -0.2) is 5.43 Å². The van der Waals surface area contributed by atoms with Gasteiger partial charge in [-0.2, -0.15) is 5.10 Å². The molecular formula is C24H18N2O2S. The van der Waals surface area contributed by atoms with Crippen LogP contribution in [0.4, 0.5) is 0 Å². The van der Waals surface area contributed by atoms with Crippen molar-refractivity contribution in [2.24, 2.45) is 5.10 Å². The van der Waals surface area contributed by atoms with Crippen LogP contribution in [-0.2, 0) is 0 Å². The van der Waals surface area contributed by atoms with E-state index in [1.54, 1.807) is 29.5 Å². The highest BCUT2D eigenvalue weighted by Gasteiger charge is 2.14. The molecule has 0 spiro atoms. The first-order chi connectivity index (χ1) is 14.3. The van der Waals surface area contributed by atoms with Crippen LogP contribution in [0.25, 0.3) is 0 Å². The van der Waals surface area contributed by atoms with Gasteiger partial charge < -0.3 is 4.74 Å². The summed E-state index contributed by atoms with van der Waals surface area (Å²) in [5.74, 6) is 0.810. The fourth-order valence-corrected chi connectivity index (χ4v) is 3.53. The Morgan fingerprint density at radius 2 is 1.48 bits per heavy atom. The molecular weight excluding hydrogens is 380 g/mol. The Morgan fingerprint density at radius 1 is 0.793 bits per heavy atom. The number of amides is 1. The van der Waals surface area contributed by atoms with Gasteiger partial charge in [-0.15, -0.1) is 11.3 Å². The van der Waals surface area contributed by atoms with Gasteiger partial charge in [0.2, 0.25) is 0 Å². The second-order valence-electron chi connectivity index (χ2n) is 6.16. The maximum atomic E-state index is 12.9.